The molecule has 0 amide bonds. The molecule has 3 atom stereocenters. The van der Waals surface area contributed by atoms with Crippen molar-refractivity contribution in [2.45, 2.75) is 39.2 Å². The van der Waals surface area contributed by atoms with Crippen LogP contribution in [0.3, 0.4) is 0 Å². The maximum Gasteiger partial charge on any atom is 0.330 e. The number of fused-ring (bicyclic) bond motifs is 2. The molecule has 6 nitrogen and oxygen atoms in total. The number of anilines is 2. The van der Waals surface area contributed by atoms with Gasteiger partial charge in [0.1, 0.15) is 11.5 Å². The Kier molecular flexibility index (Phi) is 3.31. The number of aromatic amines is 1. The highest BCUT2D eigenvalue weighted by molar-refractivity contribution is 5.60. The minimum atomic E-state index is -0.444. The molecule has 6 heteroatoms. The van der Waals surface area contributed by atoms with Crippen molar-refractivity contribution in [3.05, 3.63) is 20.8 Å². The minimum absolute atomic E-state index is 0.240. The van der Waals surface area contributed by atoms with E-state index >= 15 is 0 Å². The van der Waals surface area contributed by atoms with Gasteiger partial charge in [-0.2, -0.15) is 0 Å². The number of hydrogen-bond acceptors (Lipinski definition) is 4. The molecule has 2 aliphatic carbocycles. The van der Waals surface area contributed by atoms with E-state index in [1.54, 1.807) is 0 Å². The van der Waals surface area contributed by atoms with Crippen LogP contribution in [0.25, 0.3) is 0 Å². The molecule has 0 aromatic carbocycles. The number of rotatable bonds is 4. The molecular weight excluding hydrogens is 256 g/mol. The van der Waals surface area contributed by atoms with E-state index in [1.807, 2.05) is 6.92 Å². The zero-order valence-electron chi connectivity index (χ0n) is 11.8. The van der Waals surface area contributed by atoms with Gasteiger partial charge >= 0.3 is 5.69 Å². The summed E-state index contributed by atoms with van der Waals surface area (Å²) < 4.78 is 1.38. The first-order valence-corrected chi connectivity index (χ1v) is 7.46. The summed E-state index contributed by atoms with van der Waals surface area (Å²) in [6.07, 6.45) is 5.28. The van der Waals surface area contributed by atoms with Crippen LogP contribution in [0.5, 0.6) is 0 Å². The summed E-state index contributed by atoms with van der Waals surface area (Å²) in [6.45, 7) is 3.05. The molecule has 2 fully saturated rings. The van der Waals surface area contributed by atoms with E-state index in [1.165, 1.54) is 30.3 Å². The van der Waals surface area contributed by atoms with Crippen molar-refractivity contribution in [2.75, 3.05) is 17.6 Å². The molecule has 1 aromatic rings. The van der Waals surface area contributed by atoms with Crippen LogP contribution in [-0.4, -0.2) is 16.1 Å². The first-order valence-electron chi connectivity index (χ1n) is 7.46. The second-order valence-electron chi connectivity index (χ2n) is 6.08. The molecule has 0 radical (unpaired) electrons. The molecule has 0 spiro atoms. The highest BCUT2D eigenvalue weighted by Gasteiger charge is 2.39. The number of nitrogens with zero attached hydrogens (tertiary/aromatic N) is 1. The average Bonchev–Trinajstić information content (AvgIpc) is 3.00. The molecule has 1 aromatic heterocycles. The van der Waals surface area contributed by atoms with Gasteiger partial charge in [-0.1, -0.05) is 6.42 Å². The molecule has 3 unspecified atom stereocenters. The van der Waals surface area contributed by atoms with Crippen LogP contribution in [-0.2, 0) is 6.54 Å². The van der Waals surface area contributed by atoms with E-state index in [0.717, 1.165) is 18.4 Å². The Morgan fingerprint density at radius 2 is 2.15 bits per heavy atom. The molecule has 4 N–H and O–H groups in total. The van der Waals surface area contributed by atoms with Gasteiger partial charge in [0.15, 0.2) is 0 Å². The molecule has 2 saturated carbocycles. The van der Waals surface area contributed by atoms with Crippen molar-refractivity contribution in [1.82, 2.24) is 9.55 Å². The highest BCUT2D eigenvalue weighted by atomic mass is 16.2. The van der Waals surface area contributed by atoms with Gasteiger partial charge in [-0.15, -0.1) is 0 Å². The fraction of sp³-hybridized carbons (Fsp3) is 0.714. The Morgan fingerprint density at radius 3 is 2.75 bits per heavy atom. The predicted octanol–water partition coefficient (Wildman–Crippen LogP) is 0.987. The van der Waals surface area contributed by atoms with Crippen LogP contribution >= 0.6 is 0 Å². The Labute approximate surface area is 117 Å². The van der Waals surface area contributed by atoms with Crippen molar-refractivity contribution in [3.8, 4) is 0 Å². The lowest BCUT2D eigenvalue weighted by atomic mass is 9.89. The molecule has 20 heavy (non-hydrogen) atoms. The minimum Gasteiger partial charge on any atom is -0.383 e. The highest BCUT2D eigenvalue weighted by Crippen LogP contribution is 2.48. The van der Waals surface area contributed by atoms with Crippen LogP contribution in [0.2, 0.25) is 0 Å². The first-order chi connectivity index (χ1) is 9.60. The summed E-state index contributed by atoms with van der Waals surface area (Å²) in [5.74, 6) is 2.55. The maximum atomic E-state index is 11.9. The van der Waals surface area contributed by atoms with E-state index < -0.39 is 11.2 Å². The third-order valence-corrected chi connectivity index (χ3v) is 4.98. The van der Waals surface area contributed by atoms with E-state index in [4.69, 9.17) is 5.73 Å². The van der Waals surface area contributed by atoms with Crippen LogP contribution in [0.1, 0.15) is 32.6 Å². The smallest absolute Gasteiger partial charge is 0.330 e. The van der Waals surface area contributed by atoms with Gasteiger partial charge < -0.3 is 11.1 Å². The molecule has 110 valence electrons. The Balaban J connectivity index is 1.77. The lowest BCUT2D eigenvalue weighted by Crippen LogP contribution is -2.34. The van der Waals surface area contributed by atoms with Gasteiger partial charge in [0.25, 0.3) is 5.56 Å². The summed E-state index contributed by atoms with van der Waals surface area (Å²) in [4.78, 5) is 25.8. The number of aromatic nitrogens is 2. The molecule has 2 bridgehead atoms. The molecule has 3 rings (SSSR count). The third kappa shape index (κ3) is 2.13. The number of nitrogen functional groups attached to an aromatic ring is 1. The lowest BCUT2D eigenvalue weighted by Gasteiger charge is -2.22. The van der Waals surface area contributed by atoms with Gasteiger partial charge in [-0.05, 0) is 43.9 Å². The quantitative estimate of drug-likeness (QED) is 0.765. The Hall–Kier alpha value is -1.72. The summed E-state index contributed by atoms with van der Waals surface area (Å²) >= 11 is 0. The van der Waals surface area contributed by atoms with Gasteiger partial charge in [0.2, 0.25) is 0 Å². The predicted molar refractivity (Wildman–Crippen MR) is 78.8 cm³/mol. The lowest BCUT2D eigenvalue weighted by molar-refractivity contribution is 0.348. The molecule has 1 heterocycles. The number of H-pyrrole nitrogens is 1. The van der Waals surface area contributed by atoms with Crippen molar-refractivity contribution in [1.29, 1.82) is 0 Å². The van der Waals surface area contributed by atoms with Gasteiger partial charge in [0.05, 0.1) is 0 Å². The number of nitrogens with one attached hydrogen (secondary N) is 2. The zero-order valence-corrected chi connectivity index (χ0v) is 11.8. The van der Waals surface area contributed by atoms with Crippen molar-refractivity contribution < 1.29 is 0 Å². The molecule has 2 aliphatic rings. The number of nitrogens with two attached hydrogens (primary N) is 1. The van der Waals surface area contributed by atoms with Gasteiger partial charge in [-0.25, -0.2) is 4.79 Å². The van der Waals surface area contributed by atoms with Crippen molar-refractivity contribution in [2.24, 2.45) is 17.8 Å². The summed E-state index contributed by atoms with van der Waals surface area (Å²) in [5, 5.41) is 3.18. The SMILES string of the molecule is CCn1c(N)c(NCC2CC3CCC2C3)c(=O)[nH]c1=O. The second kappa shape index (κ2) is 5.00. The van der Waals surface area contributed by atoms with E-state index in [0.29, 0.717) is 18.2 Å². The van der Waals surface area contributed by atoms with Gasteiger partial charge in [0, 0.05) is 13.1 Å². The zero-order chi connectivity index (χ0) is 14.3. The van der Waals surface area contributed by atoms with E-state index in [9.17, 15) is 9.59 Å². The second-order valence-corrected chi connectivity index (χ2v) is 6.08. The fourth-order valence-corrected chi connectivity index (χ4v) is 3.93. The van der Waals surface area contributed by atoms with Crippen LogP contribution < -0.4 is 22.3 Å². The average molecular weight is 278 g/mol. The van der Waals surface area contributed by atoms with Crippen LogP contribution in [0.4, 0.5) is 11.5 Å². The van der Waals surface area contributed by atoms with Crippen molar-refractivity contribution >= 4 is 11.5 Å². The summed E-state index contributed by atoms with van der Waals surface area (Å²) in [6, 6.07) is 0. The molecule has 0 saturated heterocycles. The van der Waals surface area contributed by atoms with Crippen LogP contribution in [0, 0.1) is 17.8 Å². The standard InChI is InChI=1S/C14H22N4O2/c1-2-18-12(15)11(13(19)17-14(18)20)16-7-10-6-8-3-4-9(10)5-8/h8-10,16H,2-7,15H2,1H3,(H,17,19,20). The summed E-state index contributed by atoms with van der Waals surface area (Å²) in [5.41, 5.74) is 5.42. The number of hydrogen-bond donors (Lipinski definition) is 3. The monoisotopic (exact) mass is 278 g/mol. The topological polar surface area (TPSA) is 92.9 Å². The summed E-state index contributed by atoms with van der Waals surface area (Å²) in [7, 11) is 0. The molecular formula is C14H22N4O2. The normalized spacial score (nSPS) is 27.9. The maximum absolute atomic E-state index is 11.9. The van der Waals surface area contributed by atoms with Crippen molar-refractivity contribution in [3.63, 3.8) is 0 Å². The van der Waals surface area contributed by atoms with E-state index in [2.05, 4.69) is 10.3 Å². The Morgan fingerprint density at radius 1 is 1.35 bits per heavy atom. The Bertz CT molecular complexity index is 619. The largest absolute Gasteiger partial charge is 0.383 e. The van der Waals surface area contributed by atoms with Crippen LogP contribution in [0.15, 0.2) is 9.59 Å². The third-order valence-electron chi connectivity index (χ3n) is 4.98. The van der Waals surface area contributed by atoms with E-state index in [-0.39, 0.29) is 5.82 Å². The molecule has 0 aliphatic heterocycles. The first kappa shape index (κ1) is 13.3. The fourth-order valence-electron chi connectivity index (χ4n) is 3.93. The van der Waals surface area contributed by atoms with Gasteiger partial charge in [-0.3, -0.25) is 14.3 Å².